The predicted octanol–water partition coefficient (Wildman–Crippen LogP) is 0.829. The molecule has 7 heteroatoms. The van der Waals surface area contributed by atoms with Gasteiger partial charge in [-0.3, -0.25) is 0 Å². The lowest BCUT2D eigenvalue weighted by Gasteiger charge is -2.05. The number of rotatable bonds is 10. The number of ether oxygens (including phenoxy) is 1. The van der Waals surface area contributed by atoms with Crippen LogP contribution in [0.15, 0.2) is 17.2 Å². The van der Waals surface area contributed by atoms with Crippen LogP contribution < -0.4 is 10.0 Å². The second kappa shape index (κ2) is 7.21. The van der Waals surface area contributed by atoms with E-state index >= 15 is 0 Å². The first-order valence-corrected chi connectivity index (χ1v) is 8.49. The van der Waals surface area contributed by atoms with Gasteiger partial charge < -0.3 is 15.0 Å². The zero-order chi connectivity index (χ0) is 14.4. The summed E-state index contributed by atoms with van der Waals surface area (Å²) in [6, 6.07) is 1.64. The highest BCUT2D eigenvalue weighted by molar-refractivity contribution is 7.89. The van der Waals surface area contributed by atoms with Crippen LogP contribution in [0.1, 0.15) is 25.0 Å². The zero-order valence-corrected chi connectivity index (χ0v) is 12.6. The number of hydrogen-bond donors (Lipinski definition) is 3. The van der Waals surface area contributed by atoms with Gasteiger partial charge >= 0.3 is 0 Å². The number of sulfonamides is 1. The highest BCUT2D eigenvalue weighted by Gasteiger charge is 2.21. The molecular formula is C13H23N3O3S. The summed E-state index contributed by atoms with van der Waals surface area (Å²) in [6.45, 7) is 2.44. The number of aromatic amines is 1. The molecule has 1 aromatic rings. The quantitative estimate of drug-likeness (QED) is 0.559. The molecule has 1 fully saturated rings. The number of nitrogens with one attached hydrogen (secondary N) is 3. The summed E-state index contributed by atoms with van der Waals surface area (Å²) in [5.74, 6) is 0.747. The summed E-state index contributed by atoms with van der Waals surface area (Å²) >= 11 is 0. The predicted molar refractivity (Wildman–Crippen MR) is 76.9 cm³/mol. The molecule has 0 spiro atoms. The molecule has 6 nitrogen and oxygen atoms in total. The van der Waals surface area contributed by atoms with E-state index in [1.165, 1.54) is 19.0 Å². The van der Waals surface area contributed by atoms with Gasteiger partial charge in [0.05, 0.1) is 4.90 Å². The van der Waals surface area contributed by atoms with Crippen molar-refractivity contribution in [1.29, 1.82) is 0 Å². The van der Waals surface area contributed by atoms with Crippen LogP contribution in [0.25, 0.3) is 0 Å². The fraction of sp³-hybridized carbons (Fsp3) is 0.692. The van der Waals surface area contributed by atoms with Crippen LogP contribution in [-0.2, 0) is 21.3 Å². The van der Waals surface area contributed by atoms with Crippen LogP contribution >= 0.6 is 0 Å². The van der Waals surface area contributed by atoms with E-state index in [9.17, 15) is 8.42 Å². The Labute approximate surface area is 120 Å². The first kappa shape index (κ1) is 15.5. The Morgan fingerprint density at radius 1 is 1.45 bits per heavy atom. The smallest absolute Gasteiger partial charge is 0.242 e. The van der Waals surface area contributed by atoms with Gasteiger partial charge in [-0.1, -0.05) is 0 Å². The van der Waals surface area contributed by atoms with E-state index in [0.717, 1.165) is 18.2 Å². The summed E-state index contributed by atoms with van der Waals surface area (Å²) < 4.78 is 32.1. The van der Waals surface area contributed by atoms with Crippen molar-refractivity contribution >= 4 is 10.0 Å². The maximum Gasteiger partial charge on any atom is 0.242 e. The molecule has 0 aliphatic heterocycles. The highest BCUT2D eigenvalue weighted by Crippen LogP contribution is 2.28. The molecule has 1 saturated carbocycles. The first-order valence-electron chi connectivity index (χ1n) is 7.01. The molecule has 0 bridgehead atoms. The van der Waals surface area contributed by atoms with Crippen LogP contribution in [0.3, 0.4) is 0 Å². The third-order valence-corrected chi connectivity index (χ3v) is 4.64. The summed E-state index contributed by atoms with van der Waals surface area (Å²) in [5.41, 5.74) is 0.848. The van der Waals surface area contributed by atoms with Crippen molar-refractivity contribution in [2.45, 2.75) is 30.7 Å². The molecule has 1 aromatic heterocycles. The standard InChI is InChI=1S/C13H23N3O3S/c1-14-8-12-7-13(9-15-12)20(17,18)16-5-2-6-19-10-11-3-4-11/h7,9,11,14-16H,2-6,8,10H2,1H3. The maximum atomic E-state index is 12.0. The van der Waals surface area contributed by atoms with Crippen molar-refractivity contribution in [2.24, 2.45) is 5.92 Å². The molecule has 0 amide bonds. The van der Waals surface area contributed by atoms with Gasteiger partial charge in [0.1, 0.15) is 0 Å². The first-order chi connectivity index (χ1) is 9.62. The summed E-state index contributed by atoms with van der Waals surface area (Å²) in [4.78, 5) is 3.22. The molecule has 1 aliphatic rings. The van der Waals surface area contributed by atoms with Crippen LogP contribution in [0.5, 0.6) is 0 Å². The normalized spacial score (nSPS) is 15.7. The Hall–Kier alpha value is -0.890. The van der Waals surface area contributed by atoms with Crippen molar-refractivity contribution in [3.63, 3.8) is 0 Å². The van der Waals surface area contributed by atoms with E-state index in [4.69, 9.17) is 4.74 Å². The number of H-pyrrole nitrogens is 1. The van der Waals surface area contributed by atoms with E-state index in [1.54, 1.807) is 6.07 Å². The molecule has 0 unspecified atom stereocenters. The molecule has 3 N–H and O–H groups in total. The third-order valence-electron chi connectivity index (χ3n) is 3.20. The Morgan fingerprint density at radius 3 is 2.95 bits per heavy atom. The van der Waals surface area contributed by atoms with Crippen LogP contribution in [0.2, 0.25) is 0 Å². The van der Waals surface area contributed by atoms with Gasteiger partial charge in [-0.2, -0.15) is 0 Å². The Bertz CT molecular complexity index is 509. The summed E-state index contributed by atoms with van der Waals surface area (Å²) in [6.07, 6.45) is 4.75. The zero-order valence-electron chi connectivity index (χ0n) is 11.8. The van der Waals surface area contributed by atoms with E-state index in [-0.39, 0.29) is 4.90 Å². The van der Waals surface area contributed by atoms with E-state index in [0.29, 0.717) is 26.1 Å². The van der Waals surface area contributed by atoms with E-state index < -0.39 is 10.0 Å². The average molecular weight is 301 g/mol. The molecule has 0 aromatic carbocycles. The van der Waals surface area contributed by atoms with Crippen molar-refractivity contribution in [2.75, 3.05) is 26.8 Å². The van der Waals surface area contributed by atoms with Crippen LogP contribution in [0.4, 0.5) is 0 Å². The largest absolute Gasteiger partial charge is 0.381 e. The minimum absolute atomic E-state index is 0.279. The molecule has 2 rings (SSSR count). The lowest BCUT2D eigenvalue weighted by Crippen LogP contribution is -2.25. The number of hydrogen-bond acceptors (Lipinski definition) is 4. The topological polar surface area (TPSA) is 83.2 Å². The molecule has 0 saturated heterocycles. The van der Waals surface area contributed by atoms with E-state index in [1.807, 2.05) is 7.05 Å². The number of aromatic nitrogens is 1. The van der Waals surface area contributed by atoms with Gasteiger partial charge in [-0.25, -0.2) is 13.1 Å². The molecule has 1 aliphatic carbocycles. The second-order valence-electron chi connectivity index (χ2n) is 5.16. The highest BCUT2D eigenvalue weighted by atomic mass is 32.2. The second-order valence-corrected chi connectivity index (χ2v) is 6.93. The van der Waals surface area contributed by atoms with Gasteiger partial charge in [0.2, 0.25) is 10.0 Å². The maximum absolute atomic E-state index is 12.0. The minimum Gasteiger partial charge on any atom is -0.381 e. The van der Waals surface area contributed by atoms with Gasteiger partial charge in [-0.05, 0) is 38.3 Å². The van der Waals surface area contributed by atoms with Gasteiger partial charge in [0.15, 0.2) is 0 Å². The SMILES string of the molecule is CNCc1cc(S(=O)(=O)NCCCOCC2CC2)c[nH]1. The lowest BCUT2D eigenvalue weighted by atomic mass is 10.4. The third kappa shape index (κ3) is 4.90. The van der Waals surface area contributed by atoms with Crippen molar-refractivity contribution in [3.8, 4) is 0 Å². The fourth-order valence-electron chi connectivity index (χ4n) is 1.87. The van der Waals surface area contributed by atoms with E-state index in [2.05, 4.69) is 15.0 Å². The Kier molecular flexibility index (Phi) is 5.59. The monoisotopic (exact) mass is 301 g/mol. The molecule has 1 heterocycles. The molecule has 0 atom stereocenters. The lowest BCUT2D eigenvalue weighted by molar-refractivity contribution is 0.123. The van der Waals surface area contributed by atoms with Gasteiger partial charge in [0.25, 0.3) is 0 Å². The van der Waals surface area contributed by atoms with Gasteiger partial charge in [-0.15, -0.1) is 0 Å². The van der Waals surface area contributed by atoms with Crippen molar-refractivity contribution in [1.82, 2.24) is 15.0 Å². The Balaban J connectivity index is 1.68. The molecule has 20 heavy (non-hydrogen) atoms. The van der Waals surface area contributed by atoms with Gasteiger partial charge in [0, 0.05) is 38.2 Å². The molecule has 0 radical (unpaired) electrons. The Morgan fingerprint density at radius 2 is 2.25 bits per heavy atom. The fourth-order valence-corrected chi connectivity index (χ4v) is 2.96. The molecular weight excluding hydrogens is 278 g/mol. The van der Waals surface area contributed by atoms with Crippen LogP contribution in [0, 0.1) is 5.92 Å². The molecule has 114 valence electrons. The van der Waals surface area contributed by atoms with Crippen molar-refractivity contribution in [3.05, 3.63) is 18.0 Å². The minimum atomic E-state index is -3.41. The summed E-state index contributed by atoms with van der Waals surface area (Å²) in [7, 11) is -1.60. The summed E-state index contributed by atoms with van der Waals surface area (Å²) in [5, 5.41) is 2.97. The van der Waals surface area contributed by atoms with Crippen molar-refractivity contribution < 1.29 is 13.2 Å². The average Bonchev–Trinajstić information content (AvgIpc) is 3.11. The van der Waals surface area contributed by atoms with Crippen LogP contribution in [-0.4, -0.2) is 40.2 Å².